The van der Waals surface area contributed by atoms with E-state index in [-0.39, 0.29) is 18.6 Å². The summed E-state index contributed by atoms with van der Waals surface area (Å²) in [6, 6.07) is 19.5. The molecule has 0 saturated carbocycles. The minimum absolute atomic E-state index is 0.0115. The van der Waals surface area contributed by atoms with E-state index in [0.717, 1.165) is 25.8 Å². The molecule has 1 N–H and O–H groups in total. The van der Waals surface area contributed by atoms with Crippen molar-refractivity contribution in [3.05, 3.63) is 87.2 Å². The lowest BCUT2D eigenvalue weighted by atomic mass is 10.0. The van der Waals surface area contributed by atoms with E-state index in [1.54, 1.807) is 16.2 Å². The van der Waals surface area contributed by atoms with E-state index in [2.05, 4.69) is 33.0 Å². The molecule has 0 aliphatic carbocycles. The van der Waals surface area contributed by atoms with Crippen molar-refractivity contribution in [1.82, 2.24) is 9.88 Å². The van der Waals surface area contributed by atoms with Gasteiger partial charge in [-0.25, -0.2) is 0 Å². The number of benzene rings is 2. The van der Waals surface area contributed by atoms with Gasteiger partial charge >= 0.3 is 0 Å². The maximum absolute atomic E-state index is 12.9. The number of likely N-dealkylation sites (N-methyl/N-ethyl adjacent to an activating group) is 1. The lowest BCUT2D eigenvalue weighted by molar-refractivity contribution is -0.133. The smallest absolute Gasteiger partial charge is 0.261 e. The van der Waals surface area contributed by atoms with Crippen LogP contribution in [0.3, 0.4) is 0 Å². The van der Waals surface area contributed by atoms with Crippen molar-refractivity contribution in [3.8, 4) is 5.75 Å². The zero-order valence-corrected chi connectivity index (χ0v) is 17.7. The summed E-state index contributed by atoms with van der Waals surface area (Å²) in [4.78, 5) is 19.1. The largest absolute Gasteiger partial charge is 0.484 e. The number of H-pyrrole nitrogens is 1. The Hall–Kier alpha value is -2.57. The molecule has 1 amide bonds. The summed E-state index contributed by atoms with van der Waals surface area (Å²) in [7, 11) is 1.83. The van der Waals surface area contributed by atoms with E-state index in [9.17, 15) is 4.79 Å². The Morgan fingerprint density at radius 1 is 1.14 bits per heavy atom. The molecule has 0 saturated heterocycles. The highest BCUT2D eigenvalue weighted by Crippen LogP contribution is 2.35. The number of amides is 1. The highest BCUT2D eigenvalue weighted by Gasteiger charge is 2.27. The highest BCUT2D eigenvalue weighted by atomic mass is 79.9. The van der Waals surface area contributed by atoms with Gasteiger partial charge in [0.25, 0.3) is 5.91 Å². The molecule has 0 radical (unpaired) electrons. The van der Waals surface area contributed by atoms with Gasteiger partial charge in [-0.1, -0.05) is 40.2 Å². The second-order valence-electron chi connectivity index (χ2n) is 6.45. The molecule has 1 atom stereocenters. The molecule has 28 heavy (non-hydrogen) atoms. The molecule has 0 bridgehead atoms. The van der Waals surface area contributed by atoms with Gasteiger partial charge in [-0.05, 0) is 41.8 Å². The molecule has 0 aliphatic heterocycles. The van der Waals surface area contributed by atoms with E-state index >= 15 is 0 Å². The summed E-state index contributed by atoms with van der Waals surface area (Å²) in [5, 5.41) is 3.16. The van der Waals surface area contributed by atoms with Crippen molar-refractivity contribution in [2.45, 2.75) is 6.04 Å². The summed E-state index contributed by atoms with van der Waals surface area (Å²) in [6.45, 7) is -0.0115. The molecule has 0 fully saturated rings. The average molecular weight is 455 g/mol. The van der Waals surface area contributed by atoms with Crippen LogP contribution in [0.2, 0.25) is 0 Å². The zero-order valence-electron chi connectivity index (χ0n) is 15.3. The Kier molecular flexibility index (Phi) is 5.50. The molecule has 2 aromatic heterocycles. The second-order valence-corrected chi connectivity index (χ2v) is 8.35. The number of thiophene rings is 1. The lowest BCUT2D eigenvalue weighted by Crippen LogP contribution is -2.35. The number of nitrogens with one attached hydrogen (secondary N) is 1. The van der Waals surface area contributed by atoms with Gasteiger partial charge < -0.3 is 14.6 Å². The van der Waals surface area contributed by atoms with Gasteiger partial charge in [0.05, 0.1) is 6.04 Å². The Labute approximate surface area is 175 Å². The third kappa shape index (κ3) is 3.84. The van der Waals surface area contributed by atoms with Crippen molar-refractivity contribution < 1.29 is 9.53 Å². The first kappa shape index (κ1) is 18.8. The first-order valence-electron chi connectivity index (χ1n) is 8.87. The van der Waals surface area contributed by atoms with Gasteiger partial charge in [0, 0.05) is 39.1 Å². The van der Waals surface area contributed by atoms with E-state index < -0.39 is 0 Å². The average Bonchev–Trinajstić information content (AvgIpc) is 3.38. The van der Waals surface area contributed by atoms with Crippen LogP contribution < -0.4 is 4.74 Å². The molecule has 2 heterocycles. The molecule has 4 rings (SSSR count). The van der Waals surface area contributed by atoms with Gasteiger partial charge in [-0.15, -0.1) is 11.3 Å². The first-order valence-corrected chi connectivity index (χ1v) is 10.5. The van der Waals surface area contributed by atoms with Crippen molar-refractivity contribution >= 4 is 44.1 Å². The number of aromatic amines is 1. The number of hydrogen-bond donors (Lipinski definition) is 1. The number of carbonyl (C=O) groups is 1. The molecule has 4 aromatic rings. The fourth-order valence-electron chi connectivity index (χ4n) is 3.24. The monoisotopic (exact) mass is 454 g/mol. The van der Waals surface area contributed by atoms with Crippen molar-refractivity contribution in [2.75, 3.05) is 13.7 Å². The molecule has 142 valence electrons. The normalized spacial score (nSPS) is 12.1. The predicted molar refractivity (Wildman–Crippen MR) is 117 cm³/mol. The van der Waals surface area contributed by atoms with Crippen molar-refractivity contribution in [3.63, 3.8) is 0 Å². The SMILES string of the molecule is CN(C(=O)COc1ccc(Br)cc1)[C@H](c1cccs1)c1c[nH]c2ccccc12. The Bertz CT molecular complexity index is 1070. The maximum atomic E-state index is 12.9. The lowest BCUT2D eigenvalue weighted by Gasteiger charge is -2.27. The molecule has 2 aromatic carbocycles. The molecule has 0 aliphatic rings. The zero-order chi connectivity index (χ0) is 19.5. The number of ether oxygens (including phenoxy) is 1. The van der Waals surface area contributed by atoms with Gasteiger partial charge in [0.2, 0.25) is 0 Å². The molecular formula is C22H19BrN2O2S. The summed E-state index contributed by atoms with van der Waals surface area (Å²) >= 11 is 5.04. The van der Waals surface area contributed by atoms with Gasteiger partial charge in [0.1, 0.15) is 5.75 Å². The fourth-order valence-corrected chi connectivity index (χ4v) is 4.39. The Balaban J connectivity index is 1.59. The summed E-state index contributed by atoms with van der Waals surface area (Å²) in [6.07, 6.45) is 1.99. The summed E-state index contributed by atoms with van der Waals surface area (Å²) < 4.78 is 6.67. The Morgan fingerprint density at radius 3 is 2.68 bits per heavy atom. The van der Waals surface area contributed by atoms with Crippen LogP contribution in [0.4, 0.5) is 0 Å². The fraction of sp³-hybridized carbons (Fsp3) is 0.136. The Morgan fingerprint density at radius 2 is 1.93 bits per heavy atom. The number of hydrogen-bond acceptors (Lipinski definition) is 3. The summed E-state index contributed by atoms with van der Waals surface area (Å²) in [5.41, 5.74) is 2.14. The quantitative estimate of drug-likeness (QED) is 0.410. The van der Waals surface area contributed by atoms with Gasteiger partial charge in [0.15, 0.2) is 6.61 Å². The van der Waals surface area contributed by atoms with Crippen LogP contribution in [-0.2, 0) is 4.79 Å². The predicted octanol–water partition coefficient (Wildman–Crippen LogP) is 5.62. The van der Waals surface area contributed by atoms with Crippen LogP contribution in [0.1, 0.15) is 16.5 Å². The standard InChI is InChI=1S/C22H19BrN2O2S/c1-25(21(26)14-27-16-10-8-15(23)9-11-16)22(20-7-4-12-28-20)18-13-24-19-6-3-2-5-17(18)19/h2-13,22,24H,14H2,1H3/t22-/m0/s1. The highest BCUT2D eigenvalue weighted by molar-refractivity contribution is 9.10. The van der Waals surface area contributed by atoms with Crippen LogP contribution in [0.15, 0.2) is 76.7 Å². The van der Waals surface area contributed by atoms with Crippen molar-refractivity contribution in [1.29, 1.82) is 0 Å². The van der Waals surface area contributed by atoms with Gasteiger partial charge in [-0.2, -0.15) is 0 Å². The number of carbonyl (C=O) groups excluding carboxylic acids is 1. The molecular weight excluding hydrogens is 436 g/mol. The number of rotatable bonds is 6. The van der Waals surface area contributed by atoms with E-state index in [4.69, 9.17) is 4.74 Å². The van der Waals surface area contributed by atoms with Crippen LogP contribution >= 0.6 is 27.3 Å². The number of aromatic nitrogens is 1. The van der Waals surface area contributed by atoms with E-state index in [1.165, 1.54) is 0 Å². The number of halogens is 1. The van der Waals surface area contributed by atoms with E-state index in [0.29, 0.717) is 5.75 Å². The molecule has 4 nitrogen and oxygen atoms in total. The minimum Gasteiger partial charge on any atom is -0.484 e. The number of nitrogens with zero attached hydrogens (tertiary/aromatic N) is 1. The third-order valence-corrected chi connectivity index (χ3v) is 6.14. The molecule has 0 unspecified atom stereocenters. The van der Waals surface area contributed by atoms with Crippen LogP contribution in [0.5, 0.6) is 5.75 Å². The third-order valence-electron chi connectivity index (χ3n) is 4.69. The van der Waals surface area contributed by atoms with E-state index in [1.807, 2.05) is 67.2 Å². The second kappa shape index (κ2) is 8.20. The van der Waals surface area contributed by atoms with Crippen molar-refractivity contribution in [2.24, 2.45) is 0 Å². The van der Waals surface area contributed by atoms with Crippen LogP contribution in [0.25, 0.3) is 10.9 Å². The number of para-hydroxylation sites is 1. The topological polar surface area (TPSA) is 45.3 Å². The van der Waals surface area contributed by atoms with Gasteiger partial charge in [-0.3, -0.25) is 4.79 Å². The molecule has 0 spiro atoms. The number of fused-ring (bicyclic) bond motifs is 1. The van der Waals surface area contributed by atoms with Crippen LogP contribution in [-0.4, -0.2) is 29.4 Å². The summed E-state index contributed by atoms with van der Waals surface area (Å²) in [5.74, 6) is 0.594. The minimum atomic E-state index is -0.169. The molecule has 6 heteroatoms. The first-order chi connectivity index (χ1) is 13.6. The van der Waals surface area contributed by atoms with Crippen LogP contribution in [0, 0.1) is 0 Å². The maximum Gasteiger partial charge on any atom is 0.261 e.